The van der Waals surface area contributed by atoms with Crippen molar-refractivity contribution in [2.75, 3.05) is 72.6 Å². The van der Waals surface area contributed by atoms with Crippen molar-refractivity contribution in [2.45, 2.75) is 56.4 Å². The monoisotopic (exact) mass is 481 g/mol. The summed E-state index contributed by atoms with van der Waals surface area (Å²) in [5, 5.41) is 39.9. The summed E-state index contributed by atoms with van der Waals surface area (Å²) in [6, 6.07) is 0. The first kappa shape index (κ1) is 29.9. The molecule has 1 heterocycles. The van der Waals surface area contributed by atoms with Gasteiger partial charge in [-0.2, -0.15) is 0 Å². The predicted molar refractivity (Wildman–Crippen MR) is 115 cm³/mol. The Labute approximate surface area is 194 Å². The van der Waals surface area contributed by atoms with Crippen molar-refractivity contribution >= 4 is 0 Å². The molecular formula is C20H39N3O10. The molecule has 0 radical (unpaired) electrons. The van der Waals surface area contributed by atoms with Crippen molar-refractivity contribution in [2.24, 2.45) is 5.11 Å². The molecular weight excluding hydrogens is 442 g/mol. The van der Waals surface area contributed by atoms with Crippen molar-refractivity contribution in [3.63, 3.8) is 0 Å². The van der Waals surface area contributed by atoms with Gasteiger partial charge in [-0.1, -0.05) is 5.11 Å². The van der Waals surface area contributed by atoms with Crippen LogP contribution in [0.15, 0.2) is 5.11 Å². The summed E-state index contributed by atoms with van der Waals surface area (Å²) in [6.07, 6.45) is -1.81. The first-order chi connectivity index (χ1) is 16.2. The fourth-order valence-electron chi connectivity index (χ4n) is 3.19. The molecule has 0 bridgehead atoms. The first-order valence-electron chi connectivity index (χ1n) is 11.4. The maximum atomic E-state index is 9.18. The van der Waals surface area contributed by atoms with E-state index in [1.165, 1.54) is 0 Å². The number of rotatable bonds is 21. The molecule has 0 aliphatic carbocycles. The molecule has 0 unspecified atom stereocenters. The summed E-state index contributed by atoms with van der Waals surface area (Å²) in [6.45, 7) is 1.24. The van der Waals surface area contributed by atoms with Gasteiger partial charge in [-0.25, -0.2) is 0 Å². The summed E-state index contributed by atoms with van der Waals surface area (Å²) in [7, 11) is 0. The summed E-state index contributed by atoms with van der Waals surface area (Å²) in [5.41, 5.74) is 8.50. The van der Waals surface area contributed by atoms with Crippen molar-refractivity contribution in [3.8, 4) is 0 Å². The molecule has 1 rings (SSSR count). The van der Waals surface area contributed by atoms with E-state index >= 15 is 0 Å². The van der Waals surface area contributed by atoms with E-state index in [1.54, 1.807) is 0 Å². The second-order valence-corrected chi connectivity index (χ2v) is 7.26. The van der Waals surface area contributed by atoms with Gasteiger partial charge in [0.15, 0.2) is 6.29 Å². The summed E-state index contributed by atoms with van der Waals surface area (Å²) in [5.74, 6) is 0. The maximum Gasteiger partial charge on any atom is 0.186 e. The minimum Gasteiger partial charge on any atom is -0.396 e. The lowest BCUT2D eigenvalue weighted by molar-refractivity contribution is -0.323. The minimum absolute atomic E-state index is 0.000760. The summed E-state index contributed by atoms with van der Waals surface area (Å²) < 4.78 is 35.6. The molecule has 0 aromatic carbocycles. The predicted octanol–water partition coefficient (Wildman–Crippen LogP) is -0.260. The topological polar surface area (TPSA) is 185 Å². The van der Waals surface area contributed by atoms with Crippen molar-refractivity contribution in [1.29, 1.82) is 0 Å². The molecule has 13 heteroatoms. The zero-order chi connectivity index (χ0) is 24.2. The van der Waals surface area contributed by atoms with Gasteiger partial charge in [-0.05, 0) is 31.2 Å². The van der Waals surface area contributed by atoms with Gasteiger partial charge >= 0.3 is 0 Å². The van der Waals surface area contributed by atoms with Crippen molar-refractivity contribution < 1.29 is 48.8 Å². The zero-order valence-electron chi connectivity index (χ0n) is 19.1. The second-order valence-electron chi connectivity index (χ2n) is 7.26. The van der Waals surface area contributed by atoms with Crippen LogP contribution < -0.4 is 0 Å². The van der Waals surface area contributed by atoms with Crippen LogP contribution in [0.5, 0.6) is 0 Å². The molecule has 1 fully saturated rings. The van der Waals surface area contributed by atoms with Crippen LogP contribution in [0.4, 0.5) is 0 Å². The van der Waals surface area contributed by atoms with E-state index in [9.17, 15) is 5.11 Å². The van der Waals surface area contributed by atoms with E-state index < -0.39 is 30.7 Å². The lowest BCUT2D eigenvalue weighted by Gasteiger charge is -2.45. The van der Waals surface area contributed by atoms with Gasteiger partial charge in [0.05, 0.1) is 13.2 Å². The molecule has 5 atom stereocenters. The highest BCUT2D eigenvalue weighted by atomic mass is 16.7. The third-order valence-corrected chi connectivity index (χ3v) is 4.70. The van der Waals surface area contributed by atoms with E-state index in [0.717, 1.165) is 0 Å². The highest BCUT2D eigenvalue weighted by molar-refractivity contribution is 4.93. The SMILES string of the molecule is [N-]=[N+]=NCCO[C@@H]1O[C@H](COCCCO)[C@@H](OCCCO)[C@H](OCCCO)[C@H]1OCCCO. The Kier molecular flexibility index (Phi) is 18.4. The smallest absolute Gasteiger partial charge is 0.186 e. The lowest BCUT2D eigenvalue weighted by atomic mass is 9.98. The maximum absolute atomic E-state index is 9.18. The number of hydrogen-bond donors (Lipinski definition) is 4. The van der Waals surface area contributed by atoms with Gasteiger partial charge in [-0.3, -0.25) is 0 Å². The standard InChI is InChI=1S/C20H39N3O10/c21-23-22-5-14-32-20-19(31-13-4-9-27)18(30-12-3-8-26)17(29-11-2-7-25)16(33-20)15-28-10-1-6-24/h16-20,24-27H,1-15H2/t16-,17-,18+,19-,20-/m1/s1. The van der Waals surface area contributed by atoms with Gasteiger partial charge in [-0.15, -0.1) is 0 Å². The van der Waals surface area contributed by atoms with E-state index in [-0.39, 0.29) is 66.0 Å². The molecule has 0 spiro atoms. The van der Waals surface area contributed by atoms with Crippen LogP contribution >= 0.6 is 0 Å². The second kappa shape index (κ2) is 20.3. The number of hydrogen-bond acceptors (Lipinski definition) is 11. The molecule has 13 nitrogen and oxygen atoms in total. The molecule has 4 N–H and O–H groups in total. The first-order valence-corrected chi connectivity index (χ1v) is 11.4. The van der Waals surface area contributed by atoms with Crippen molar-refractivity contribution in [3.05, 3.63) is 10.4 Å². The third kappa shape index (κ3) is 12.3. The molecule has 194 valence electrons. The van der Waals surface area contributed by atoms with Gasteiger partial charge in [0.2, 0.25) is 0 Å². The van der Waals surface area contributed by atoms with Crippen LogP contribution in [-0.2, 0) is 28.4 Å². The summed E-state index contributed by atoms with van der Waals surface area (Å²) in [4.78, 5) is 2.71. The molecule has 33 heavy (non-hydrogen) atoms. The number of azide groups is 1. The third-order valence-electron chi connectivity index (χ3n) is 4.70. The minimum atomic E-state index is -0.888. The molecule has 0 saturated carbocycles. The number of aliphatic hydroxyl groups is 4. The Bertz CT molecular complexity index is 512. The van der Waals surface area contributed by atoms with Crippen LogP contribution in [0.25, 0.3) is 10.4 Å². The fraction of sp³-hybridized carbons (Fsp3) is 1.00. The molecule has 0 aromatic rings. The Morgan fingerprint density at radius 3 is 1.82 bits per heavy atom. The highest BCUT2D eigenvalue weighted by Crippen LogP contribution is 2.30. The average Bonchev–Trinajstić information content (AvgIpc) is 2.82. The van der Waals surface area contributed by atoms with Crippen LogP contribution in [0.1, 0.15) is 25.7 Å². The Morgan fingerprint density at radius 1 is 0.697 bits per heavy atom. The molecule has 1 saturated heterocycles. The Balaban J connectivity index is 3.06. The van der Waals surface area contributed by atoms with Crippen LogP contribution in [0, 0.1) is 0 Å². The normalized spacial score (nSPS) is 25.2. The van der Waals surface area contributed by atoms with Crippen LogP contribution in [0.3, 0.4) is 0 Å². The van der Waals surface area contributed by atoms with Gasteiger partial charge in [0.1, 0.15) is 24.4 Å². The Hall–Kier alpha value is -1.09. The zero-order valence-corrected chi connectivity index (χ0v) is 19.1. The molecule has 1 aliphatic heterocycles. The Morgan fingerprint density at radius 2 is 1.24 bits per heavy atom. The molecule has 0 aromatic heterocycles. The van der Waals surface area contributed by atoms with E-state index in [0.29, 0.717) is 32.3 Å². The summed E-state index contributed by atoms with van der Waals surface area (Å²) >= 11 is 0. The number of aliphatic hydroxyl groups excluding tert-OH is 4. The average molecular weight is 482 g/mol. The van der Waals surface area contributed by atoms with Crippen LogP contribution in [0.2, 0.25) is 0 Å². The van der Waals surface area contributed by atoms with E-state index in [1.807, 2.05) is 0 Å². The van der Waals surface area contributed by atoms with Crippen molar-refractivity contribution in [1.82, 2.24) is 0 Å². The largest absolute Gasteiger partial charge is 0.396 e. The quantitative estimate of drug-likeness (QED) is 0.0736. The van der Waals surface area contributed by atoms with Gasteiger partial charge in [0, 0.05) is 64.3 Å². The highest BCUT2D eigenvalue weighted by Gasteiger charge is 2.48. The number of nitrogens with zero attached hydrogens (tertiary/aromatic N) is 3. The van der Waals surface area contributed by atoms with Crippen LogP contribution in [-0.4, -0.2) is 124 Å². The van der Waals surface area contributed by atoms with E-state index in [2.05, 4.69) is 10.0 Å². The number of ether oxygens (including phenoxy) is 6. The van der Waals surface area contributed by atoms with Gasteiger partial charge < -0.3 is 48.8 Å². The van der Waals surface area contributed by atoms with E-state index in [4.69, 9.17) is 49.3 Å². The fourth-order valence-corrected chi connectivity index (χ4v) is 3.19. The lowest BCUT2D eigenvalue weighted by Crippen LogP contribution is -2.62. The molecule has 1 aliphatic rings. The molecule has 0 amide bonds. The van der Waals surface area contributed by atoms with Gasteiger partial charge in [0.25, 0.3) is 0 Å².